The maximum Gasteiger partial charge on any atom is 0.149 e. The van der Waals surface area contributed by atoms with E-state index < -0.39 is 6.10 Å². The minimum absolute atomic E-state index is 0.285. The molecule has 3 nitrogen and oxygen atoms in total. The van der Waals surface area contributed by atoms with Gasteiger partial charge in [-0.15, -0.1) is 0 Å². The Kier molecular flexibility index (Phi) is 3.48. The molecular weight excluding hydrogens is 231 g/mol. The zero-order chi connectivity index (χ0) is 13.3. The fourth-order valence-corrected chi connectivity index (χ4v) is 1.88. The monoisotopic (exact) mass is 248 g/mol. The predicted molar refractivity (Wildman–Crippen MR) is 68.2 cm³/mol. The fourth-order valence-electron chi connectivity index (χ4n) is 1.88. The molecule has 1 N–H and O–H groups in total. The number of para-hydroxylation sites is 1. The van der Waals surface area contributed by atoms with Gasteiger partial charge in [0.15, 0.2) is 0 Å². The molecule has 0 radical (unpaired) electrons. The summed E-state index contributed by atoms with van der Waals surface area (Å²) in [6.45, 7) is 5.68. The lowest BCUT2D eigenvalue weighted by atomic mass is 10.1. The van der Waals surface area contributed by atoms with Gasteiger partial charge in [0, 0.05) is 11.8 Å². The second-order valence-corrected chi connectivity index (χ2v) is 4.69. The van der Waals surface area contributed by atoms with Crippen molar-refractivity contribution < 1.29 is 9.50 Å². The van der Waals surface area contributed by atoms with Crippen LogP contribution >= 0.6 is 0 Å². The largest absolute Gasteiger partial charge is 0.389 e. The summed E-state index contributed by atoms with van der Waals surface area (Å²) >= 11 is 0. The summed E-state index contributed by atoms with van der Waals surface area (Å²) in [5.41, 5.74) is 1.75. The van der Waals surface area contributed by atoms with Gasteiger partial charge in [0.05, 0.1) is 11.8 Å². The second-order valence-electron chi connectivity index (χ2n) is 4.69. The molecule has 0 aliphatic carbocycles. The summed E-state index contributed by atoms with van der Waals surface area (Å²) < 4.78 is 15.4. The molecule has 4 heteroatoms. The highest BCUT2D eigenvalue weighted by atomic mass is 19.1. The number of benzene rings is 1. The van der Waals surface area contributed by atoms with E-state index in [9.17, 15) is 9.50 Å². The Morgan fingerprint density at radius 1 is 1.22 bits per heavy atom. The van der Waals surface area contributed by atoms with E-state index in [1.807, 2.05) is 19.9 Å². The first-order chi connectivity index (χ1) is 8.50. The van der Waals surface area contributed by atoms with Crippen molar-refractivity contribution in [2.24, 2.45) is 0 Å². The lowest BCUT2D eigenvalue weighted by Crippen LogP contribution is -2.06. The van der Waals surface area contributed by atoms with Gasteiger partial charge >= 0.3 is 0 Å². The van der Waals surface area contributed by atoms with Gasteiger partial charge in [-0.25, -0.2) is 9.07 Å². The average molecular weight is 248 g/mol. The molecular formula is C14H17FN2O. The molecule has 0 bridgehead atoms. The van der Waals surface area contributed by atoms with Crippen molar-refractivity contribution in [3.8, 4) is 5.69 Å². The van der Waals surface area contributed by atoms with Crippen LogP contribution in [0.4, 0.5) is 4.39 Å². The van der Waals surface area contributed by atoms with Gasteiger partial charge in [0.25, 0.3) is 0 Å². The zero-order valence-corrected chi connectivity index (χ0v) is 10.8. The molecule has 0 aliphatic heterocycles. The molecule has 0 aliphatic rings. The molecule has 1 aromatic heterocycles. The third-order valence-electron chi connectivity index (χ3n) is 2.90. The van der Waals surface area contributed by atoms with Crippen molar-refractivity contribution >= 4 is 0 Å². The molecule has 0 fully saturated rings. The number of aliphatic hydroxyl groups excluding tert-OH is 1. The van der Waals surface area contributed by atoms with E-state index in [-0.39, 0.29) is 11.7 Å². The number of aromatic nitrogens is 2. The summed E-state index contributed by atoms with van der Waals surface area (Å²) in [6, 6.07) is 6.54. The number of nitrogens with zero attached hydrogens (tertiary/aromatic N) is 2. The van der Waals surface area contributed by atoms with Crippen LogP contribution in [0.1, 0.15) is 44.1 Å². The lowest BCUT2D eigenvalue weighted by molar-refractivity contribution is 0.198. The van der Waals surface area contributed by atoms with Crippen molar-refractivity contribution in [1.82, 2.24) is 9.78 Å². The van der Waals surface area contributed by atoms with E-state index in [2.05, 4.69) is 5.10 Å². The molecule has 2 aromatic rings. The van der Waals surface area contributed by atoms with E-state index in [0.717, 1.165) is 5.69 Å². The van der Waals surface area contributed by atoms with Crippen LogP contribution in [0.15, 0.2) is 30.5 Å². The van der Waals surface area contributed by atoms with Crippen LogP contribution < -0.4 is 0 Å². The predicted octanol–water partition coefficient (Wildman–Crippen LogP) is 3.19. The Labute approximate surface area is 106 Å². The van der Waals surface area contributed by atoms with Crippen LogP contribution in [0.3, 0.4) is 0 Å². The average Bonchev–Trinajstić information content (AvgIpc) is 2.77. The van der Waals surface area contributed by atoms with E-state index in [4.69, 9.17) is 0 Å². The molecule has 1 aromatic carbocycles. The molecule has 0 spiro atoms. The highest BCUT2D eigenvalue weighted by molar-refractivity contribution is 5.43. The zero-order valence-electron chi connectivity index (χ0n) is 10.8. The summed E-state index contributed by atoms with van der Waals surface area (Å²) in [6.07, 6.45) is 0.988. The number of hydrogen-bond donors (Lipinski definition) is 1. The summed E-state index contributed by atoms with van der Waals surface area (Å²) in [5.74, 6) is -0.0974. The quantitative estimate of drug-likeness (QED) is 0.905. The molecule has 0 amide bonds. The van der Waals surface area contributed by atoms with Crippen molar-refractivity contribution in [2.75, 3.05) is 0 Å². The summed E-state index contributed by atoms with van der Waals surface area (Å²) in [5, 5.41) is 14.0. The molecule has 2 rings (SSSR count). The van der Waals surface area contributed by atoms with Crippen molar-refractivity contribution in [3.05, 3.63) is 47.5 Å². The number of rotatable bonds is 3. The first kappa shape index (κ1) is 12.8. The third-order valence-corrected chi connectivity index (χ3v) is 2.90. The van der Waals surface area contributed by atoms with Gasteiger partial charge in [-0.05, 0) is 25.0 Å². The van der Waals surface area contributed by atoms with Crippen molar-refractivity contribution in [2.45, 2.75) is 32.8 Å². The standard InChI is InChI=1S/C14H17FN2O/c1-9(2)13-7-8-17(16-13)14-11(10(3)18)5-4-6-12(14)15/h4-10,18H,1-3H3. The van der Waals surface area contributed by atoms with E-state index in [1.54, 1.807) is 25.3 Å². The van der Waals surface area contributed by atoms with Crippen LogP contribution in [0.25, 0.3) is 5.69 Å². The van der Waals surface area contributed by atoms with Crippen molar-refractivity contribution in [3.63, 3.8) is 0 Å². The minimum atomic E-state index is -0.734. The van der Waals surface area contributed by atoms with Crippen LogP contribution in [-0.4, -0.2) is 14.9 Å². The van der Waals surface area contributed by atoms with Crippen LogP contribution in [-0.2, 0) is 0 Å². The van der Waals surface area contributed by atoms with Crippen LogP contribution in [0.2, 0.25) is 0 Å². The van der Waals surface area contributed by atoms with Gasteiger partial charge in [-0.3, -0.25) is 0 Å². The van der Waals surface area contributed by atoms with Crippen LogP contribution in [0.5, 0.6) is 0 Å². The van der Waals surface area contributed by atoms with Gasteiger partial charge in [-0.2, -0.15) is 5.10 Å². The highest BCUT2D eigenvalue weighted by Gasteiger charge is 2.15. The fraction of sp³-hybridized carbons (Fsp3) is 0.357. The number of hydrogen-bond acceptors (Lipinski definition) is 2. The van der Waals surface area contributed by atoms with Gasteiger partial charge < -0.3 is 5.11 Å². The van der Waals surface area contributed by atoms with E-state index in [0.29, 0.717) is 11.3 Å². The summed E-state index contributed by atoms with van der Waals surface area (Å²) in [4.78, 5) is 0. The van der Waals surface area contributed by atoms with Gasteiger partial charge in [-0.1, -0.05) is 26.0 Å². The molecule has 0 saturated heterocycles. The third kappa shape index (κ3) is 2.29. The van der Waals surface area contributed by atoms with Gasteiger partial charge in [0.2, 0.25) is 0 Å². The smallest absolute Gasteiger partial charge is 0.149 e. The first-order valence-corrected chi connectivity index (χ1v) is 6.03. The Balaban J connectivity index is 2.55. The molecule has 1 unspecified atom stereocenters. The van der Waals surface area contributed by atoms with E-state index >= 15 is 0 Å². The second kappa shape index (κ2) is 4.90. The molecule has 18 heavy (non-hydrogen) atoms. The maximum absolute atomic E-state index is 13.9. The lowest BCUT2D eigenvalue weighted by Gasteiger charge is -2.12. The van der Waals surface area contributed by atoms with Crippen molar-refractivity contribution in [1.29, 1.82) is 0 Å². The van der Waals surface area contributed by atoms with Crippen LogP contribution in [0, 0.1) is 5.82 Å². The Hall–Kier alpha value is -1.68. The normalized spacial score (nSPS) is 13.0. The summed E-state index contributed by atoms with van der Waals surface area (Å²) in [7, 11) is 0. The minimum Gasteiger partial charge on any atom is -0.389 e. The molecule has 1 heterocycles. The maximum atomic E-state index is 13.9. The molecule has 96 valence electrons. The van der Waals surface area contributed by atoms with E-state index in [1.165, 1.54) is 10.7 Å². The highest BCUT2D eigenvalue weighted by Crippen LogP contribution is 2.24. The number of halogens is 1. The molecule has 1 atom stereocenters. The Morgan fingerprint density at radius 2 is 1.94 bits per heavy atom. The van der Waals surface area contributed by atoms with Gasteiger partial charge in [0.1, 0.15) is 11.5 Å². The topological polar surface area (TPSA) is 38.0 Å². The number of aliphatic hydroxyl groups is 1. The Morgan fingerprint density at radius 3 is 2.50 bits per heavy atom. The first-order valence-electron chi connectivity index (χ1n) is 6.03. The SMILES string of the molecule is CC(C)c1ccn(-c2c(F)cccc2C(C)O)n1. The Bertz CT molecular complexity index is 546. The molecule has 0 saturated carbocycles.